The Morgan fingerprint density at radius 1 is 1.10 bits per heavy atom. The molecule has 2 aromatic rings. The van der Waals surface area contributed by atoms with Crippen molar-refractivity contribution in [3.63, 3.8) is 0 Å². The Balaban J connectivity index is 2.31. The molecule has 0 aliphatic rings. The summed E-state index contributed by atoms with van der Waals surface area (Å²) in [6.45, 7) is 4.31. The van der Waals surface area contributed by atoms with E-state index in [9.17, 15) is 0 Å². The summed E-state index contributed by atoms with van der Waals surface area (Å²) in [6.07, 6.45) is 1.47. The van der Waals surface area contributed by atoms with Gasteiger partial charge in [-0.2, -0.15) is 0 Å². The first-order valence-corrected chi connectivity index (χ1v) is 8.72. The Bertz CT molecular complexity index is 660. The maximum Gasteiger partial charge on any atom is 0.146 e. The molecular formula is C15H14Cl3IN2. The van der Waals surface area contributed by atoms with Crippen LogP contribution >= 0.6 is 57.4 Å². The molecule has 21 heavy (non-hydrogen) atoms. The minimum Gasteiger partial charge on any atom is -0.236 e. The van der Waals surface area contributed by atoms with Crippen LogP contribution in [0.1, 0.15) is 30.9 Å². The van der Waals surface area contributed by atoms with Crippen LogP contribution < -0.4 is 0 Å². The fourth-order valence-electron chi connectivity index (χ4n) is 1.94. The van der Waals surface area contributed by atoms with Crippen molar-refractivity contribution in [2.24, 2.45) is 5.92 Å². The normalized spacial score (nSPS) is 11.2. The minimum absolute atomic E-state index is 0.510. The van der Waals surface area contributed by atoms with Crippen LogP contribution in [0.2, 0.25) is 15.2 Å². The lowest BCUT2D eigenvalue weighted by atomic mass is 10.1. The van der Waals surface area contributed by atoms with Crippen molar-refractivity contribution >= 4 is 57.4 Å². The van der Waals surface area contributed by atoms with Gasteiger partial charge >= 0.3 is 0 Å². The molecular weight excluding hydrogens is 441 g/mol. The van der Waals surface area contributed by atoms with Crippen LogP contribution in [0.15, 0.2) is 18.2 Å². The van der Waals surface area contributed by atoms with Gasteiger partial charge in [0.1, 0.15) is 11.0 Å². The summed E-state index contributed by atoms with van der Waals surface area (Å²) in [5.41, 5.74) is 2.01. The number of nitrogens with zero attached hydrogens (tertiary/aromatic N) is 2. The fourth-order valence-corrected chi connectivity index (χ4v) is 2.93. The van der Waals surface area contributed by atoms with Gasteiger partial charge in [0.15, 0.2) is 0 Å². The third-order valence-corrected chi connectivity index (χ3v) is 5.34. The quantitative estimate of drug-likeness (QED) is 0.428. The first-order chi connectivity index (χ1) is 9.86. The maximum absolute atomic E-state index is 6.22. The average Bonchev–Trinajstić information content (AvgIpc) is 2.39. The van der Waals surface area contributed by atoms with Crippen LogP contribution in [0, 0.1) is 9.49 Å². The summed E-state index contributed by atoms with van der Waals surface area (Å²) in [7, 11) is 0. The summed E-state index contributed by atoms with van der Waals surface area (Å²) >= 11 is 20.4. The molecule has 0 aliphatic heterocycles. The van der Waals surface area contributed by atoms with E-state index in [2.05, 4.69) is 46.4 Å². The monoisotopic (exact) mass is 454 g/mol. The zero-order valence-electron chi connectivity index (χ0n) is 11.6. The Labute approximate surface area is 153 Å². The van der Waals surface area contributed by atoms with Gasteiger partial charge in [0.25, 0.3) is 0 Å². The van der Waals surface area contributed by atoms with Gasteiger partial charge in [-0.05, 0) is 52.6 Å². The van der Waals surface area contributed by atoms with E-state index in [0.717, 1.165) is 21.2 Å². The molecule has 1 aromatic carbocycles. The molecule has 0 saturated heterocycles. The Morgan fingerprint density at radius 2 is 1.81 bits per heavy atom. The smallest absolute Gasteiger partial charge is 0.146 e. The van der Waals surface area contributed by atoms with Crippen LogP contribution in [0.25, 0.3) is 0 Å². The van der Waals surface area contributed by atoms with Gasteiger partial charge < -0.3 is 0 Å². The highest BCUT2D eigenvalue weighted by molar-refractivity contribution is 14.1. The van der Waals surface area contributed by atoms with Crippen molar-refractivity contribution in [3.8, 4) is 0 Å². The molecule has 0 radical (unpaired) electrons. The SMILES string of the molecule is CC(C)Cc1nc(Cc2ccc(Cl)c(Cl)c2)nc(Cl)c1I. The van der Waals surface area contributed by atoms with E-state index < -0.39 is 0 Å². The summed E-state index contributed by atoms with van der Waals surface area (Å²) < 4.78 is 0.931. The molecule has 2 nitrogen and oxygen atoms in total. The summed E-state index contributed by atoms with van der Waals surface area (Å²) in [6, 6.07) is 5.54. The van der Waals surface area contributed by atoms with Crippen molar-refractivity contribution in [2.75, 3.05) is 0 Å². The highest BCUT2D eigenvalue weighted by Gasteiger charge is 2.13. The third-order valence-electron chi connectivity index (χ3n) is 2.87. The number of halogens is 4. The van der Waals surface area contributed by atoms with Gasteiger partial charge in [0, 0.05) is 6.42 Å². The number of hydrogen-bond donors (Lipinski definition) is 0. The maximum atomic E-state index is 6.22. The summed E-state index contributed by atoms with van der Waals surface area (Å²) in [5, 5.41) is 1.59. The van der Waals surface area contributed by atoms with Crippen molar-refractivity contribution in [1.29, 1.82) is 0 Å². The number of aromatic nitrogens is 2. The summed E-state index contributed by atoms with van der Waals surface area (Å²) in [4.78, 5) is 9.00. The lowest BCUT2D eigenvalue weighted by Gasteiger charge is -2.10. The molecule has 112 valence electrons. The molecule has 0 fully saturated rings. The Kier molecular flexibility index (Phi) is 6.12. The average molecular weight is 456 g/mol. The molecule has 0 N–H and O–H groups in total. The van der Waals surface area contributed by atoms with Crippen molar-refractivity contribution in [2.45, 2.75) is 26.7 Å². The van der Waals surface area contributed by atoms with Gasteiger partial charge in [0.2, 0.25) is 0 Å². The standard InChI is InChI=1S/C15H14Cl3IN2/c1-8(2)5-12-14(19)15(18)21-13(20-12)7-9-3-4-10(16)11(17)6-9/h3-4,6,8H,5,7H2,1-2H3. The topological polar surface area (TPSA) is 25.8 Å². The molecule has 0 aliphatic carbocycles. The highest BCUT2D eigenvalue weighted by Crippen LogP contribution is 2.25. The molecule has 0 amide bonds. The first-order valence-electron chi connectivity index (χ1n) is 6.51. The second kappa shape index (κ2) is 7.44. The molecule has 6 heteroatoms. The lowest BCUT2D eigenvalue weighted by Crippen LogP contribution is -2.07. The largest absolute Gasteiger partial charge is 0.236 e. The van der Waals surface area contributed by atoms with Gasteiger partial charge in [-0.15, -0.1) is 0 Å². The minimum atomic E-state index is 0.510. The molecule has 1 heterocycles. The molecule has 0 saturated carbocycles. The zero-order chi connectivity index (χ0) is 15.6. The van der Waals surface area contributed by atoms with E-state index in [1.54, 1.807) is 6.07 Å². The van der Waals surface area contributed by atoms with Crippen LogP contribution in [0.3, 0.4) is 0 Å². The van der Waals surface area contributed by atoms with Gasteiger partial charge in [-0.3, -0.25) is 0 Å². The molecule has 2 rings (SSSR count). The third kappa shape index (κ3) is 4.68. The van der Waals surface area contributed by atoms with Crippen LogP contribution in [-0.4, -0.2) is 9.97 Å². The van der Waals surface area contributed by atoms with Gasteiger partial charge in [0.05, 0.1) is 19.3 Å². The van der Waals surface area contributed by atoms with E-state index in [4.69, 9.17) is 34.8 Å². The van der Waals surface area contributed by atoms with E-state index in [0.29, 0.717) is 33.4 Å². The Hall–Kier alpha value is -0.100. The van der Waals surface area contributed by atoms with E-state index in [1.165, 1.54) is 0 Å². The molecule has 0 atom stereocenters. The van der Waals surface area contributed by atoms with Crippen molar-refractivity contribution < 1.29 is 0 Å². The molecule has 0 unspecified atom stereocenters. The van der Waals surface area contributed by atoms with E-state index >= 15 is 0 Å². The fraction of sp³-hybridized carbons (Fsp3) is 0.333. The first kappa shape index (κ1) is 17.3. The molecule has 1 aromatic heterocycles. The predicted molar refractivity (Wildman–Crippen MR) is 97.6 cm³/mol. The number of hydrogen-bond acceptors (Lipinski definition) is 2. The highest BCUT2D eigenvalue weighted by atomic mass is 127. The molecule has 0 spiro atoms. The Morgan fingerprint density at radius 3 is 2.43 bits per heavy atom. The van der Waals surface area contributed by atoms with Crippen LogP contribution in [0.4, 0.5) is 0 Å². The van der Waals surface area contributed by atoms with Crippen LogP contribution in [-0.2, 0) is 12.8 Å². The lowest BCUT2D eigenvalue weighted by molar-refractivity contribution is 0.628. The van der Waals surface area contributed by atoms with Gasteiger partial charge in [-0.25, -0.2) is 9.97 Å². The zero-order valence-corrected chi connectivity index (χ0v) is 16.1. The van der Waals surface area contributed by atoms with Crippen molar-refractivity contribution in [1.82, 2.24) is 9.97 Å². The van der Waals surface area contributed by atoms with Crippen molar-refractivity contribution in [3.05, 3.63) is 54.0 Å². The van der Waals surface area contributed by atoms with Crippen LogP contribution in [0.5, 0.6) is 0 Å². The molecule has 0 bridgehead atoms. The number of benzene rings is 1. The summed E-state index contributed by atoms with van der Waals surface area (Å²) in [5.74, 6) is 1.22. The van der Waals surface area contributed by atoms with E-state index in [1.807, 2.05) is 12.1 Å². The van der Waals surface area contributed by atoms with E-state index in [-0.39, 0.29) is 0 Å². The van der Waals surface area contributed by atoms with Gasteiger partial charge in [-0.1, -0.05) is 54.7 Å². The second-order valence-electron chi connectivity index (χ2n) is 5.21. The predicted octanol–water partition coefficient (Wildman–Crippen LogP) is 5.83. The second-order valence-corrected chi connectivity index (χ2v) is 7.47. The number of rotatable bonds is 4.